The molecule has 1 aromatic carbocycles. The molecule has 4 N–H and O–H groups in total. The van der Waals surface area contributed by atoms with Crippen molar-refractivity contribution in [3.63, 3.8) is 0 Å². The summed E-state index contributed by atoms with van der Waals surface area (Å²) in [5, 5.41) is 11.6. The van der Waals surface area contributed by atoms with E-state index >= 15 is 0 Å². The first-order chi connectivity index (χ1) is 13.7. The van der Waals surface area contributed by atoms with Gasteiger partial charge in [-0.05, 0) is 57.1 Å². The van der Waals surface area contributed by atoms with Gasteiger partial charge in [-0.3, -0.25) is 5.43 Å². The molecule has 0 spiro atoms. The van der Waals surface area contributed by atoms with E-state index in [9.17, 15) is 4.79 Å². The van der Waals surface area contributed by atoms with Crippen LogP contribution in [0.1, 0.15) is 46.0 Å². The van der Waals surface area contributed by atoms with Gasteiger partial charge in [0.1, 0.15) is 0 Å². The Hall–Kier alpha value is -1.89. The lowest BCUT2D eigenvalue weighted by Gasteiger charge is -2.22. The van der Waals surface area contributed by atoms with Crippen LogP contribution in [0.25, 0.3) is 0 Å². The lowest BCUT2D eigenvalue weighted by molar-refractivity contribution is 0.0370. The molecule has 1 fully saturated rings. The van der Waals surface area contributed by atoms with E-state index in [0.29, 0.717) is 18.4 Å². The van der Waals surface area contributed by atoms with Crippen LogP contribution >= 0.6 is 0 Å². The summed E-state index contributed by atoms with van der Waals surface area (Å²) in [6.07, 6.45) is 9.71. The lowest BCUT2D eigenvalue weighted by atomic mass is 9.84. The number of benzene rings is 1. The highest BCUT2D eigenvalue weighted by atomic mass is 16.5. The molecule has 28 heavy (non-hydrogen) atoms. The van der Waals surface area contributed by atoms with Crippen molar-refractivity contribution in [1.29, 1.82) is 0 Å². The van der Waals surface area contributed by atoms with Crippen molar-refractivity contribution in [2.75, 3.05) is 18.5 Å². The number of amides is 2. The Morgan fingerprint density at radius 1 is 1.18 bits per heavy atom. The topological polar surface area (TPSA) is 82.6 Å². The predicted molar refractivity (Wildman–Crippen MR) is 113 cm³/mol. The van der Waals surface area contributed by atoms with Crippen molar-refractivity contribution < 1.29 is 14.6 Å². The number of allylic oxidation sites excluding steroid dienone is 2. The van der Waals surface area contributed by atoms with Crippen molar-refractivity contribution in [2.45, 2.75) is 58.2 Å². The average molecular weight is 390 g/mol. The third-order valence-electron chi connectivity index (χ3n) is 5.35. The Labute approximate surface area is 168 Å². The molecule has 1 saturated heterocycles. The van der Waals surface area contributed by atoms with Crippen molar-refractivity contribution in [2.24, 2.45) is 11.8 Å². The van der Waals surface area contributed by atoms with E-state index in [1.165, 1.54) is 0 Å². The molecule has 1 aliphatic rings. The number of anilines is 1. The molecule has 4 atom stereocenters. The molecule has 1 heterocycles. The second kappa shape index (κ2) is 12.5. The number of hydrogen-bond donors (Lipinski definition) is 4. The Kier molecular flexibility index (Phi) is 10.0. The fourth-order valence-corrected chi connectivity index (χ4v) is 3.82. The van der Waals surface area contributed by atoms with Gasteiger partial charge in [-0.25, -0.2) is 10.2 Å². The summed E-state index contributed by atoms with van der Waals surface area (Å²) >= 11 is 0. The molecule has 156 valence electrons. The van der Waals surface area contributed by atoms with Crippen LogP contribution in [0.3, 0.4) is 0 Å². The largest absolute Gasteiger partial charge is 0.396 e. The average Bonchev–Trinajstić information content (AvgIpc) is 3.00. The fraction of sp³-hybridized carbons (Fsp3) is 0.591. The first-order valence-corrected chi connectivity index (χ1v) is 10.4. The standard InChI is InChI=1S/C22H35N3O3/c1-3-21-19(14-10-5-4-6-11-15-26)20(17(2)28-21)16-23-25-22(27)24-18-12-8-7-9-13-18/h5,7-10,12-13,17,19-21,23,26H,3-4,6,11,14-16H2,1-2H3,(H2,24,25,27)/b10-5-/t17-,19?,20?,21+/m0/s1. The number of hydrazine groups is 1. The number of para-hydroxylation sites is 1. The number of carbonyl (C=O) groups excluding carboxylic acids is 1. The van der Waals surface area contributed by atoms with Gasteiger partial charge in [0, 0.05) is 24.8 Å². The second-order valence-electron chi connectivity index (χ2n) is 7.37. The molecule has 1 aromatic rings. The summed E-state index contributed by atoms with van der Waals surface area (Å²) in [5.41, 5.74) is 6.56. The maximum atomic E-state index is 12.0. The van der Waals surface area contributed by atoms with E-state index in [1.807, 2.05) is 30.3 Å². The first-order valence-electron chi connectivity index (χ1n) is 10.4. The molecule has 2 rings (SSSR count). The van der Waals surface area contributed by atoms with Crippen LogP contribution in [0, 0.1) is 11.8 Å². The molecule has 2 unspecified atom stereocenters. The Morgan fingerprint density at radius 2 is 1.96 bits per heavy atom. The summed E-state index contributed by atoms with van der Waals surface area (Å²) in [6, 6.07) is 9.10. The summed E-state index contributed by atoms with van der Waals surface area (Å²) < 4.78 is 6.15. The number of aliphatic hydroxyl groups is 1. The van der Waals surface area contributed by atoms with Gasteiger partial charge < -0.3 is 15.2 Å². The molecule has 6 nitrogen and oxygen atoms in total. The van der Waals surface area contributed by atoms with Gasteiger partial charge in [0.2, 0.25) is 0 Å². The minimum atomic E-state index is -0.273. The molecule has 6 heteroatoms. The zero-order valence-electron chi connectivity index (χ0n) is 17.1. The van der Waals surface area contributed by atoms with Gasteiger partial charge in [-0.2, -0.15) is 0 Å². The Bertz CT molecular complexity index is 594. The summed E-state index contributed by atoms with van der Waals surface area (Å²) in [5.74, 6) is 0.768. The van der Waals surface area contributed by atoms with Gasteiger partial charge in [-0.15, -0.1) is 0 Å². The predicted octanol–water partition coefficient (Wildman–Crippen LogP) is 3.85. The minimum Gasteiger partial charge on any atom is -0.396 e. The number of aliphatic hydroxyl groups excluding tert-OH is 1. The highest BCUT2D eigenvalue weighted by Gasteiger charge is 2.40. The molecule has 0 saturated carbocycles. The van der Waals surface area contributed by atoms with Crippen molar-refractivity contribution in [3.05, 3.63) is 42.5 Å². The third-order valence-corrected chi connectivity index (χ3v) is 5.35. The van der Waals surface area contributed by atoms with E-state index in [-0.39, 0.29) is 24.8 Å². The fourth-order valence-electron chi connectivity index (χ4n) is 3.82. The highest BCUT2D eigenvalue weighted by molar-refractivity contribution is 5.88. The Balaban J connectivity index is 1.78. The van der Waals surface area contributed by atoms with E-state index in [0.717, 1.165) is 37.8 Å². The number of urea groups is 1. The van der Waals surface area contributed by atoms with Crippen LogP contribution in [0.5, 0.6) is 0 Å². The number of rotatable bonds is 11. The first kappa shape index (κ1) is 22.4. The molecule has 0 aliphatic carbocycles. The smallest absolute Gasteiger partial charge is 0.333 e. The molecule has 2 amide bonds. The van der Waals surface area contributed by atoms with Gasteiger partial charge in [0.25, 0.3) is 0 Å². The maximum absolute atomic E-state index is 12.0. The van der Waals surface area contributed by atoms with Crippen molar-refractivity contribution >= 4 is 11.7 Å². The quantitative estimate of drug-likeness (QED) is 0.263. The van der Waals surface area contributed by atoms with Gasteiger partial charge in [-0.1, -0.05) is 37.3 Å². The summed E-state index contributed by atoms with van der Waals surface area (Å²) in [6.45, 7) is 5.21. The van der Waals surface area contributed by atoms with E-state index < -0.39 is 0 Å². The van der Waals surface area contributed by atoms with Crippen molar-refractivity contribution in [1.82, 2.24) is 10.9 Å². The van der Waals surface area contributed by atoms with Crippen LogP contribution in [-0.4, -0.2) is 36.5 Å². The molecule has 0 aromatic heterocycles. The summed E-state index contributed by atoms with van der Waals surface area (Å²) in [4.78, 5) is 12.0. The molecular formula is C22H35N3O3. The molecule has 0 radical (unpaired) electrons. The van der Waals surface area contributed by atoms with Gasteiger partial charge in [0.15, 0.2) is 0 Å². The minimum absolute atomic E-state index is 0.157. The van der Waals surface area contributed by atoms with Crippen molar-refractivity contribution in [3.8, 4) is 0 Å². The number of nitrogens with one attached hydrogen (secondary N) is 3. The van der Waals surface area contributed by atoms with E-state index in [2.05, 4.69) is 42.2 Å². The van der Waals surface area contributed by atoms with Crippen LogP contribution < -0.4 is 16.2 Å². The Morgan fingerprint density at radius 3 is 2.68 bits per heavy atom. The number of ether oxygens (including phenoxy) is 1. The number of unbranched alkanes of at least 4 members (excludes halogenated alkanes) is 2. The normalized spacial score (nSPS) is 24.5. The zero-order chi connectivity index (χ0) is 20.2. The monoisotopic (exact) mass is 389 g/mol. The highest BCUT2D eigenvalue weighted by Crippen LogP contribution is 2.36. The third kappa shape index (κ3) is 7.26. The lowest BCUT2D eigenvalue weighted by Crippen LogP contribution is -2.44. The zero-order valence-corrected chi connectivity index (χ0v) is 17.1. The van der Waals surface area contributed by atoms with Gasteiger partial charge >= 0.3 is 6.03 Å². The molecular weight excluding hydrogens is 354 g/mol. The van der Waals surface area contributed by atoms with Crippen LogP contribution in [0.4, 0.5) is 10.5 Å². The number of hydrogen-bond acceptors (Lipinski definition) is 4. The van der Waals surface area contributed by atoms with Gasteiger partial charge in [0.05, 0.1) is 12.2 Å². The molecule has 1 aliphatic heterocycles. The van der Waals surface area contributed by atoms with E-state index in [4.69, 9.17) is 9.84 Å². The molecule has 0 bridgehead atoms. The van der Waals surface area contributed by atoms with Crippen LogP contribution in [-0.2, 0) is 4.74 Å². The van der Waals surface area contributed by atoms with E-state index in [1.54, 1.807) is 0 Å². The SMILES string of the molecule is CC[C@H]1O[C@@H](C)C(CNNC(=O)Nc2ccccc2)C1C/C=C\CCCCO. The number of carbonyl (C=O) groups is 1. The maximum Gasteiger partial charge on any atom is 0.333 e. The van der Waals surface area contributed by atoms with Crippen LogP contribution in [0.15, 0.2) is 42.5 Å². The summed E-state index contributed by atoms with van der Waals surface area (Å²) in [7, 11) is 0. The second-order valence-corrected chi connectivity index (χ2v) is 7.37. The van der Waals surface area contributed by atoms with Crippen LogP contribution in [0.2, 0.25) is 0 Å².